The first-order valence-corrected chi connectivity index (χ1v) is 11.2. The molecule has 0 saturated carbocycles. The van der Waals surface area contributed by atoms with Crippen molar-refractivity contribution in [2.45, 2.75) is 19.4 Å². The molecule has 0 bridgehead atoms. The number of halogens is 1. The zero-order valence-electron chi connectivity index (χ0n) is 18.6. The number of aromatic nitrogens is 2. The molecule has 1 atom stereocenters. The third kappa shape index (κ3) is 5.00. The summed E-state index contributed by atoms with van der Waals surface area (Å²) in [5, 5.41) is 14.0. The first-order chi connectivity index (χ1) is 16.0. The van der Waals surface area contributed by atoms with Crippen LogP contribution >= 0.6 is 11.6 Å². The number of hydrogen-bond donors (Lipinski definition) is 1. The molecule has 1 aliphatic heterocycles. The van der Waals surface area contributed by atoms with Crippen molar-refractivity contribution in [1.82, 2.24) is 14.9 Å². The van der Waals surface area contributed by atoms with E-state index in [1.807, 2.05) is 30.3 Å². The van der Waals surface area contributed by atoms with Gasteiger partial charge in [0.1, 0.15) is 17.3 Å². The van der Waals surface area contributed by atoms with Crippen LogP contribution in [0.25, 0.3) is 10.8 Å². The molecule has 1 aromatic heterocycles. The summed E-state index contributed by atoms with van der Waals surface area (Å²) in [7, 11) is 1.59. The molecule has 1 saturated heterocycles. The number of anilines is 2. The number of carbonyl (C=O) groups excluding carboxylic acids is 1. The van der Waals surface area contributed by atoms with Gasteiger partial charge >= 0.3 is 0 Å². The van der Waals surface area contributed by atoms with Gasteiger partial charge in [-0.3, -0.25) is 9.69 Å². The van der Waals surface area contributed by atoms with Gasteiger partial charge in [0, 0.05) is 43.2 Å². The standard InChI is InChI=1S/C24H25ClN6O2/c1-3-30-10-11-31(15-17(30)8-9-26)22-14-21(28-24(25)29-22)23(32)27-20-13-18(33-2)12-16-6-4-5-7-19(16)20/h4-7,12-14,17H,3,8,10-11,15H2,1-2H3,(H,27,32)/t17-/m0/s1. The van der Waals surface area contributed by atoms with Crippen molar-refractivity contribution in [1.29, 1.82) is 5.26 Å². The van der Waals surface area contributed by atoms with Crippen molar-refractivity contribution in [3.63, 3.8) is 0 Å². The molecule has 2 aromatic carbocycles. The van der Waals surface area contributed by atoms with E-state index in [4.69, 9.17) is 16.3 Å². The Morgan fingerprint density at radius 1 is 1.27 bits per heavy atom. The second-order valence-corrected chi connectivity index (χ2v) is 8.16. The number of carbonyl (C=O) groups is 1. The van der Waals surface area contributed by atoms with E-state index < -0.39 is 0 Å². The lowest BCUT2D eigenvalue weighted by molar-refractivity contribution is 0.102. The molecule has 0 aliphatic carbocycles. The Morgan fingerprint density at radius 2 is 2.09 bits per heavy atom. The number of fused-ring (bicyclic) bond motifs is 1. The van der Waals surface area contributed by atoms with Crippen molar-refractivity contribution in [2.24, 2.45) is 0 Å². The number of piperazine rings is 1. The molecule has 1 aliphatic rings. The first kappa shape index (κ1) is 22.8. The van der Waals surface area contributed by atoms with E-state index in [2.05, 4.69) is 38.1 Å². The number of nitriles is 1. The molecular weight excluding hydrogens is 440 g/mol. The number of likely N-dealkylation sites (N-methyl/N-ethyl adjacent to an activating group) is 1. The number of methoxy groups -OCH3 is 1. The summed E-state index contributed by atoms with van der Waals surface area (Å²) >= 11 is 6.20. The minimum atomic E-state index is -0.389. The second kappa shape index (κ2) is 10.0. The van der Waals surface area contributed by atoms with Gasteiger partial charge in [-0.05, 0) is 29.6 Å². The number of nitrogens with one attached hydrogen (secondary N) is 1. The van der Waals surface area contributed by atoms with Crippen LogP contribution in [0.4, 0.5) is 11.5 Å². The number of nitrogens with zero attached hydrogens (tertiary/aromatic N) is 5. The summed E-state index contributed by atoms with van der Waals surface area (Å²) in [4.78, 5) is 26.0. The molecule has 9 heteroatoms. The monoisotopic (exact) mass is 464 g/mol. The van der Waals surface area contributed by atoms with Crippen molar-refractivity contribution in [3.8, 4) is 11.8 Å². The zero-order valence-corrected chi connectivity index (χ0v) is 19.3. The van der Waals surface area contributed by atoms with Gasteiger partial charge in [-0.25, -0.2) is 9.97 Å². The lowest BCUT2D eigenvalue weighted by Crippen LogP contribution is -2.53. The van der Waals surface area contributed by atoms with Crippen LogP contribution in [0.2, 0.25) is 5.28 Å². The van der Waals surface area contributed by atoms with Crippen molar-refractivity contribution < 1.29 is 9.53 Å². The van der Waals surface area contributed by atoms with Crippen LogP contribution in [0.15, 0.2) is 42.5 Å². The van der Waals surface area contributed by atoms with Gasteiger partial charge in [-0.2, -0.15) is 5.26 Å². The highest BCUT2D eigenvalue weighted by Gasteiger charge is 2.27. The van der Waals surface area contributed by atoms with Gasteiger partial charge < -0.3 is 15.0 Å². The van der Waals surface area contributed by atoms with E-state index in [-0.39, 0.29) is 22.9 Å². The maximum atomic E-state index is 13.1. The van der Waals surface area contributed by atoms with E-state index in [0.717, 1.165) is 30.4 Å². The van der Waals surface area contributed by atoms with Crippen LogP contribution in [0.5, 0.6) is 5.75 Å². The maximum Gasteiger partial charge on any atom is 0.274 e. The van der Waals surface area contributed by atoms with Crippen LogP contribution in [0, 0.1) is 11.3 Å². The van der Waals surface area contributed by atoms with Gasteiger partial charge in [0.25, 0.3) is 5.91 Å². The average Bonchev–Trinajstić information content (AvgIpc) is 2.83. The number of amides is 1. The van der Waals surface area contributed by atoms with Crippen LogP contribution in [-0.2, 0) is 0 Å². The molecular formula is C24H25ClN6O2. The Hall–Kier alpha value is -3.41. The van der Waals surface area contributed by atoms with E-state index in [1.54, 1.807) is 19.2 Å². The van der Waals surface area contributed by atoms with Crippen molar-refractivity contribution in [2.75, 3.05) is 43.5 Å². The molecule has 2 heterocycles. The van der Waals surface area contributed by atoms with E-state index in [1.165, 1.54) is 0 Å². The number of hydrogen-bond acceptors (Lipinski definition) is 7. The largest absolute Gasteiger partial charge is 0.497 e. The smallest absolute Gasteiger partial charge is 0.274 e. The molecule has 3 aromatic rings. The minimum absolute atomic E-state index is 0.00269. The summed E-state index contributed by atoms with van der Waals surface area (Å²) in [6, 6.07) is 15.4. The Morgan fingerprint density at radius 3 is 2.85 bits per heavy atom. The summed E-state index contributed by atoms with van der Waals surface area (Å²) in [5.74, 6) is 0.830. The van der Waals surface area contributed by atoms with Crippen molar-refractivity contribution in [3.05, 3.63) is 53.4 Å². The molecule has 8 nitrogen and oxygen atoms in total. The van der Waals surface area contributed by atoms with Crippen LogP contribution in [0.3, 0.4) is 0 Å². The Labute approximate surface area is 197 Å². The lowest BCUT2D eigenvalue weighted by atomic mass is 10.1. The summed E-state index contributed by atoms with van der Waals surface area (Å²) in [6.07, 6.45) is 0.430. The molecule has 170 valence electrons. The third-order valence-corrected chi connectivity index (χ3v) is 6.07. The third-order valence-electron chi connectivity index (χ3n) is 5.90. The highest BCUT2D eigenvalue weighted by molar-refractivity contribution is 6.28. The molecule has 1 N–H and O–H groups in total. The summed E-state index contributed by atoms with van der Waals surface area (Å²) in [6.45, 7) is 5.14. The van der Waals surface area contributed by atoms with Crippen LogP contribution in [0.1, 0.15) is 23.8 Å². The molecule has 1 fully saturated rings. The fourth-order valence-corrected chi connectivity index (χ4v) is 4.37. The number of benzene rings is 2. The quantitative estimate of drug-likeness (QED) is 0.551. The highest BCUT2D eigenvalue weighted by atomic mass is 35.5. The van der Waals surface area contributed by atoms with Crippen molar-refractivity contribution >= 4 is 39.8 Å². The molecule has 33 heavy (non-hydrogen) atoms. The van der Waals surface area contributed by atoms with Gasteiger partial charge in [-0.15, -0.1) is 0 Å². The summed E-state index contributed by atoms with van der Waals surface area (Å²) in [5.41, 5.74) is 0.795. The second-order valence-electron chi connectivity index (χ2n) is 7.82. The van der Waals surface area contributed by atoms with E-state index in [9.17, 15) is 10.1 Å². The molecule has 0 unspecified atom stereocenters. The Balaban J connectivity index is 1.60. The Kier molecular flexibility index (Phi) is 6.92. The number of ether oxygens (including phenoxy) is 1. The molecule has 4 rings (SSSR count). The van der Waals surface area contributed by atoms with E-state index in [0.29, 0.717) is 30.2 Å². The van der Waals surface area contributed by atoms with Gasteiger partial charge in [0.15, 0.2) is 0 Å². The fraction of sp³-hybridized carbons (Fsp3) is 0.333. The van der Waals surface area contributed by atoms with Crippen LogP contribution < -0.4 is 15.0 Å². The zero-order chi connectivity index (χ0) is 23.4. The maximum absolute atomic E-state index is 13.1. The SMILES string of the molecule is CCN1CCN(c2cc(C(=O)Nc3cc(OC)cc4ccccc34)nc(Cl)n2)C[C@@H]1CC#N. The topological polar surface area (TPSA) is 94.4 Å². The fourth-order valence-electron chi connectivity index (χ4n) is 4.19. The first-order valence-electron chi connectivity index (χ1n) is 10.8. The van der Waals surface area contributed by atoms with E-state index >= 15 is 0 Å². The average molecular weight is 465 g/mol. The normalized spacial score (nSPS) is 16.4. The molecule has 0 spiro atoms. The minimum Gasteiger partial charge on any atom is -0.497 e. The highest BCUT2D eigenvalue weighted by Crippen LogP contribution is 2.30. The summed E-state index contributed by atoms with van der Waals surface area (Å²) < 4.78 is 5.38. The molecule has 1 amide bonds. The van der Waals surface area contributed by atoms with Gasteiger partial charge in [-0.1, -0.05) is 31.2 Å². The predicted octanol–water partition coefficient (Wildman–Crippen LogP) is 3.97. The lowest BCUT2D eigenvalue weighted by Gasteiger charge is -2.40. The molecule has 0 radical (unpaired) electrons. The Bertz CT molecular complexity index is 1210. The van der Waals surface area contributed by atoms with Gasteiger partial charge in [0.05, 0.1) is 25.3 Å². The predicted molar refractivity (Wildman–Crippen MR) is 129 cm³/mol. The van der Waals surface area contributed by atoms with Gasteiger partial charge in [0.2, 0.25) is 5.28 Å². The van der Waals surface area contributed by atoms with Crippen LogP contribution in [-0.4, -0.2) is 60.1 Å². The number of rotatable bonds is 6.